The van der Waals surface area contributed by atoms with Gasteiger partial charge in [-0.2, -0.15) is 0 Å². The van der Waals surface area contributed by atoms with E-state index in [1.54, 1.807) is 0 Å². The van der Waals surface area contributed by atoms with Crippen molar-refractivity contribution in [3.8, 4) is 0 Å². The van der Waals surface area contributed by atoms with Gasteiger partial charge in [-0.1, -0.05) is 63.9 Å². The van der Waals surface area contributed by atoms with Crippen LogP contribution in [-0.4, -0.2) is 14.4 Å². The second kappa shape index (κ2) is 7.90. The molecule has 3 heteroatoms. The normalized spacial score (nSPS) is 25.1. The number of hydrogen-bond acceptors (Lipinski definition) is 2. The van der Waals surface area contributed by atoms with Crippen LogP contribution in [0.3, 0.4) is 0 Å². The summed E-state index contributed by atoms with van der Waals surface area (Å²) in [5, 5.41) is 0.232. The van der Waals surface area contributed by atoms with E-state index in [4.69, 9.17) is 9.16 Å². The monoisotopic (exact) mass is 372 g/mol. The van der Waals surface area contributed by atoms with Gasteiger partial charge in [-0.05, 0) is 48.5 Å². The highest BCUT2D eigenvalue weighted by Gasteiger charge is 2.42. The van der Waals surface area contributed by atoms with Crippen LogP contribution in [0, 0.1) is 0 Å². The van der Waals surface area contributed by atoms with Crippen molar-refractivity contribution in [2.45, 2.75) is 96.1 Å². The minimum absolute atomic E-state index is 0.129. The Hall–Kier alpha value is -1.06. The summed E-state index contributed by atoms with van der Waals surface area (Å²) in [6.07, 6.45) is 8.71. The predicted molar refractivity (Wildman–Crippen MR) is 112 cm³/mol. The van der Waals surface area contributed by atoms with Gasteiger partial charge in [0, 0.05) is 12.8 Å². The van der Waals surface area contributed by atoms with E-state index in [0.29, 0.717) is 0 Å². The maximum atomic E-state index is 6.96. The van der Waals surface area contributed by atoms with E-state index < -0.39 is 8.32 Å². The first-order valence-corrected chi connectivity index (χ1v) is 13.3. The highest BCUT2D eigenvalue weighted by molar-refractivity contribution is 6.74. The molecule has 0 radical (unpaired) electrons. The van der Waals surface area contributed by atoms with E-state index in [9.17, 15) is 0 Å². The molecule has 0 unspecified atom stereocenters. The smallest absolute Gasteiger partial charge is 0.192 e. The molecule has 0 bridgehead atoms. The average Bonchev–Trinajstić information content (AvgIpc) is 2.55. The molecule has 0 saturated heterocycles. The molecule has 144 valence electrons. The van der Waals surface area contributed by atoms with Crippen LogP contribution in [0.2, 0.25) is 18.1 Å². The van der Waals surface area contributed by atoms with Gasteiger partial charge in [0.05, 0.1) is 11.9 Å². The summed E-state index contributed by atoms with van der Waals surface area (Å²) >= 11 is 0. The van der Waals surface area contributed by atoms with Crippen molar-refractivity contribution in [3.05, 3.63) is 47.2 Å². The number of rotatable bonds is 3. The van der Waals surface area contributed by atoms with E-state index >= 15 is 0 Å². The number of ether oxygens (including phenoxy) is 1. The SMILES string of the molecule is CC(C)(C)[Si](C)(C)O[C@@H]1C[C@H](c2ccccc2)OC2=C1CCCCCC2. The second-order valence-corrected chi connectivity index (χ2v) is 14.2. The molecule has 3 rings (SSSR count). The molecule has 2 nitrogen and oxygen atoms in total. The maximum Gasteiger partial charge on any atom is 0.192 e. The zero-order chi connectivity index (χ0) is 18.8. The first-order valence-electron chi connectivity index (χ1n) is 10.4. The van der Waals surface area contributed by atoms with Gasteiger partial charge in [-0.3, -0.25) is 0 Å². The van der Waals surface area contributed by atoms with Crippen molar-refractivity contribution < 1.29 is 9.16 Å². The molecule has 2 aliphatic rings. The average molecular weight is 373 g/mol. The first-order chi connectivity index (χ1) is 12.3. The maximum absolute atomic E-state index is 6.96. The topological polar surface area (TPSA) is 18.5 Å². The molecule has 0 aromatic heterocycles. The van der Waals surface area contributed by atoms with Gasteiger partial charge in [0.25, 0.3) is 0 Å². The van der Waals surface area contributed by atoms with Gasteiger partial charge in [0.2, 0.25) is 0 Å². The van der Waals surface area contributed by atoms with Crippen molar-refractivity contribution in [2.75, 3.05) is 0 Å². The van der Waals surface area contributed by atoms with Crippen LogP contribution in [0.5, 0.6) is 0 Å². The van der Waals surface area contributed by atoms with Crippen LogP contribution in [0.1, 0.15) is 77.4 Å². The van der Waals surface area contributed by atoms with Crippen molar-refractivity contribution in [1.29, 1.82) is 0 Å². The Morgan fingerprint density at radius 2 is 1.62 bits per heavy atom. The molecular formula is C23H36O2Si. The Bertz CT molecular complexity index is 627. The Morgan fingerprint density at radius 3 is 2.27 bits per heavy atom. The third-order valence-electron chi connectivity index (χ3n) is 6.47. The zero-order valence-electron chi connectivity index (χ0n) is 17.3. The molecule has 0 N–H and O–H groups in total. The molecule has 0 amide bonds. The molecule has 0 saturated carbocycles. The molecule has 0 fully saturated rings. The fraction of sp³-hybridized carbons (Fsp3) is 0.652. The first kappa shape index (κ1) is 19.7. The Morgan fingerprint density at radius 1 is 0.962 bits per heavy atom. The van der Waals surface area contributed by atoms with E-state index in [0.717, 1.165) is 19.3 Å². The van der Waals surface area contributed by atoms with Gasteiger partial charge < -0.3 is 9.16 Å². The van der Waals surface area contributed by atoms with E-state index in [-0.39, 0.29) is 17.2 Å². The van der Waals surface area contributed by atoms with Crippen LogP contribution in [0.4, 0.5) is 0 Å². The van der Waals surface area contributed by atoms with Crippen LogP contribution >= 0.6 is 0 Å². The lowest BCUT2D eigenvalue weighted by Crippen LogP contribution is -2.45. The van der Waals surface area contributed by atoms with Crippen LogP contribution < -0.4 is 0 Å². The van der Waals surface area contributed by atoms with Crippen molar-refractivity contribution in [1.82, 2.24) is 0 Å². The predicted octanol–water partition coefficient (Wildman–Crippen LogP) is 7.15. The van der Waals surface area contributed by atoms with Crippen LogP contribution in [0.25, 0.3) is 0 Å². The molecule has 1 aliphatic heterocycles. The van der Waals surface area contributed by atoms with Crippen molar-refractivity contribution in [3.63, 3.8) is 0 Å². The lowest BCUT2D eigenvalue weighted by Gasteiger charge is -2.43. The third-order valence-corrected chi connectivity index (χ3v) is 11.0. The highest BCUT2D eigenvalue weighted by Crippen LogP contribution is 2.44. The Labute approximate surface area is 161 Å². The van der Waals surface area contributed by atoms with Gasteiger partial charge in [0.1, 0.15) is 6.10 Å². The molecule has 0 spiro atoms. The van der Waals surface area contributed by atoms with Gasteiger partial charge in [0.15, 0.2) is 8.32 Å². The molecule has 1 aliphatic carbocycles. The molecular weight excluding hydrogens is 336 g/mol. The van der Waals surface area contributed by atoms with E-state index in [1.807, 2.05) is 0 Å². The van der Waals surface area contributed by atoms with E-state index in [2.05, 4.69) is 64.2 Å². The summed E-state index contributed by atoms with van der Waals surface area (Å²) in [5.41, 5.74) is 2.76. The Kier molecular flexibility index (Phi) is 5.98. The summed E-state index contributed by atoms with van der Waals surface area (Å²) in [6, 6.07) is 10.7. The minimum Gasteiger partial charge on any atom is -0.490 e. The van der Waals surface area contributed by atoms with Crippen LogP contribution in [-0.2, 0) is 9.16 Å². The van der Waals surface area contributed by atoms with Gasteiger partial charge in [-0.15, -0.1) is 0 Å². The fourth-order valence-electron chi connectivity index (χ4n) is 3.81. The highest BCUT2D eigenvalue weighted by atomic mass is 28.4. The lowest BCUT2D eigenvalue weighted by molar-refractivity contribution is 0.0303. The summed E-state index contributed by atoms with van der Waals surface area (Å²) < 4.78 is 13.5. The van der Waals surface area contributed by atoms with Crippen molar-refractivity contribution >= 4 is 8.32 Å². The molecule has 1 aromatic carbocycles. The second-order valence-electron chi connectivity index (χ2n) is 9.48. The zero-order valence-corrected chi connectivity index (χ0v) is 18.3. The summed E-state index contributed by atoms with van der Waals surface area (Å²) in [5.74, 6) is 1.24. The fourth-order valence-corrected chi connectivity index (χ4v) is 5.11. The number of benzene rings is 1. The van der Waals surface area contributed by atoms with Crippen LogP contribution in [0.15, 0.2) is 41.7 Å². The van der Waals surface area contributed by atoms with Gasteiger partial charge in [-0.25, -0.2) is 0 Å². The Balaban J connectivity index is 1.91. The number of hydrogen-bond donors (Lipinski definition) is 0. The van der Waals surface area contributed by atoms with Gasteiger partial charge >= 0.3 is 0 Å². The minimum atomic E-state index is -1.82. The summed E-state index contributed by atoms with van der Waals surface area (Å²) in [6.45, 7) is 11.8. The molecule has 2 atom stereocenters. The quantitative estimate of drug-likeness (QED) is 0.525. The van der Waals surface area contributed by atoms with Crippen molar-refractivity contribution in [2.24, 2.45) is 0 Å². The molecule has 1 heterocycles. The largest absolute Gasteiger partial charge is 0.490 e. The summed E-state index contributed by atoms with van der Waals surface area (Å²) in [4.78, 5) is 0. The van der Waals surface area contributed by atoms with E-state index in [1.165, 1.54) is 42.6 Å². The summed E-state index contributed by atoms with van der Waals surface area (Å²) in [7, 11) is -1.82. The lowest BCUT2D eigenvalue weighted by atomic mass is 9.88. The molecule has 1 aromatic rings. The molecule has 26 heavy (non-hydrogen) atoms. The number of allylic oxidation sites excluding steroid dienone is 1. The third kappa shape index (κ3) is 4.43. The standard InChI is InChI=1S/C23H36O2Si/c1-23(2,3)26(4,5)25-22-17-21(18-13-9-8-10-14-18)24-20-16-12-7-6-11-15-19(20)22/h8-10,13-14,21-22H,6-7,11-12,15-17H2,1-5H3/t21-,22-/m1/s1.